The maximum atomic E-state index is 6.16. The molecule has 1 heterocycles. The minimum atomic E-state index is -0.202. The highest BCUT2D eigenvalue weighted by atomic mass is 16.7. The number of fused-ring (bicyclic) bond motifs is 3. The van der Waals surface area contributed by atoms with Gasteiger partial charge in [-0.15, -0.1) is 0 Å². The van der Waals surface area contributed by atoms with E-state index in [1.165, 1.54) is 27.6 Å². The predicted octanol–water partition coefficient (Wildman–Crippen LogP) is 5.18. The third-order valence-corrected chi connectivity index (χ3v) is 5.13. The zero-order valence-electron chi connectivity index (χ0n) is 15.6. The van der Waals surface area contributed by atoms with Crippen LogP contribution in [0, 0.1) is 0 Å². The molecule has 0 fully saturated rings. The fourth-order valence-corrected chi connectivity index (χ4v) is 3.83. The first-order valence-electron chi connectivity index (χ1n) is 9.24. The molecule has 3 nitrogen and oxygen atoms in total. The Bertz CT molecular complexity index is 902. The van der Waals surface area contributed by atoms with Gasteiger partial charge < -0.3 is 14.4 Å². The first-order chi connectivity index (χ1) is 12.7. The van der Waals surface area contributed by atoms with Crippen LogP contribution in [0.5, 0.6) is 5.75 Å². The molecular weight excluding hydrogens is 322 g/mol. The van der Waals surface area contributed by atoms with Crippen LogP contribution in [-0.2, 0) is 4.74 Å². The van der Waals surface area contributed by atoms with E-state index in [-0.39, 0.29) is 12.2 Å². The van der Waals surface area contributed by atoms with Crippen molar-refractivity contribution >= 4 is 16.5 Å². The third-order valence-electron chi connectivity index (χ3n) is 5.13. The van der Waals surface area contributed by atoms with E-state index in [4.69, 9.17) is 9.47 Å². The quantitative estimate of drug-likeness (QED) is 0.649. The molecule has 0 aromatic heterocycles. The normalized spacial score (nSPS) is 19.0. The predicted molar refractivity (Wildman–Crippen MR) is 107 cm³/mol. The number of rotatable bonds is 4. The number of anilines is 1. The monoisotopic (exact) mass is 347 g/mol. The van der Waals surface area contributed by atoms with Crippen molar-refractivity contribution < 1.29 is 9.47 Å². The maximum Gasteiger partial charge on any atom is 0.200 e. The molecule has 0 saturated carbocycles. The van der Waals surface area contributed by atoms with Crippen LogP contribution in [-0.4, -0.2) is 27.0 Å². The topological polar surface area (TPSA) is 21.7 Å². The fourth-order valence-electron chi connectivity index (χ4n) is 3.83. The molecule has 3 aromatic carbocycles. The van der Waals surface area contributed by atoms with Crippen LogP contribution in [0.2, 0.25) is 0 Å². The Labute approximate surface area is 155 Å². The van der Waals surface area contributed by atoms with Gasteiger partial charge in [-0.25, -0.2) is 0 Å². The highest BCUT2D eigenvalue weighted by Gasteiger charge is 2.31. The molecule has 0 saturated heterocycles. The first-order valence-corrected chi connectivity index (χ1v) is 9.24. The molecule has 0 bridgehead atoms. The molecule has 0 spiro atoms. The lowest BCUT2D eigenvalue weighted by molar-refractivity contribution is -0.0891. The molecule has 3 aromatic rings. The van der Waals surface area contributed by atoms with Crippen molar-refractivity contribution in [3.63, 3.8) is 0 Å². The number of benzene rings is 3. The zero-order chi connectivity index (χ0) is 18.1. The van der Waals surface area contributed by atoms with Crippen LogP contribution in [0.4, 0.5) is 5.69 Å². The van der Waals surface area contributed by atoms with Gasteiger partial charge in [0.05, 0.1) is 0 Å². The van der Waals surface area contributed by atoms with Crippen LogP contribution >= 0.6 is 0 Å². The Balaban J connectivity index is 1.84. The average Bonchev–Trinajstić information content (AvgIpc) is 2.67. The van der Waals surface area contributed by atoms with Gasteiger partial charge >= 0.3 is 0 Å². The Hall–Kier alpha value is -2.52. The summed E-state index contributed by atoms with van der Waals surface area (Å²) >= 11 is 0. The molecule has 0 unspecified atom stereocenters. The molecule has 134 valence electrons. The van der Waals surface area contributed by atoms with Gasteiger partial charge in [0.1, 0.15) is 5.75 Å². The molecule has 0 radical (unpaired) electrons. The summed E-state index contributed by atoms with van der Waals surface area (Å²) in [7, 11) is 4.13. The number of nitrogens with zero attached hydrogens (tertiary/aromatic N) is 1. The largest absolute Gasteiger partial charge is 0.465 e. The Morgan fingerprint density at radius 3 is 2.50 bits per heavy atom. The minimum Gasteiger partial charge on any atom is -0.465 e. The van der Waals surface area contributed by atoms with E-state index in [9.17, 15) is 0 Å². The number of ether oxygens (including phenoxy) is 2. The summed E-state index contributed by atoms with van der Waals surface area (Å²) in [6, 6.07) is 21.6. The van der Waals surface area contributed by atoms with Crippen molar-refractivity contribution in [2.75, 3.05) is 25.6 Å². The average molecular weight is 347 g/mol. The standard InChI is InChI=1S/C23H25NO2/c1-4-25-22-15-20(17-9-12-18(13-10-17)24(2)3)23-19-8-6-5-7-16(19)11-14-21(23)26-22/h5-14,20,22H,4,15H2,1-3H3/t20-,22-/m0/s1. The Kier molecular flexibility index (Phi) is 4.56. The van der Waals surface area contributed by atoms with Crippen molar-refractivity contribution in [3.8, 4) is 5.75 Å². The minimum absolute atomic E-state index is 0.202. The summed E-state index contributed by atoms with van der Waals surface area (Å²) in [5, 5.41) is 2.52. The smallest absolute Gasteiger partial charge is 0.200 e. The first kappa shape index (κ1) is 16.9. The second kappa shape index (κ2) is 7.00. The molecule has 3 heteroatoms. The van der Waals surface area contributed by atoms with Gasteiger partial charge in [0.25, 0.3) is 0 Å². The molecule has 2 atom stereocenters. The Morgan fingerprint density at radius 2 is 1.77 bits per heavy atom. The Morgan fingerprint density at radius 1 is 1.00 bits per heavy atom. The van der Waals surface area contributed by atoms with Crippen LogP contribution in [0.25, 0.3) is 10.8 Å². The van der Waals surface area contributed by atoms with E-state index in [2.05, 4.69) is 79.7 Å². The van der Waals surface area contributed by atoms with Crippen molar-refractivity contribution in [2.45, 2.75) is 25.6 Å². The molecule has 0 aliphatic carbocycles. The second-order valence-electron chi connectivity index (χ2n) is 6.98. The van der Waals surface area contributed by atoms with Crippen molar-refractivity contribution in [2.24, 2.45) is 0 Å². The van der Waals surface area contributed by atoms with Crippen LogP contribution in [0.3, 0.4) is 0 Å². The van der Waals surface area contributed by atoms with Gasteiger partial charge in [0, 0.05) is 44.3 Å². The van der Waals surface area contributed by atoms with Crippen LogP contribution in [0.15, 0.2) is 60.7 Å². The number of hydrogen-bond donors (Lipinski definition) is 0. The summed E-state index contributed by atoms with van der Waals surface area (Å²) < 4.78 is 12.0. The van der Waals surface area contributed by atoms with Gasteiger partial charge in [-0.05, 0) is 41.5 Å². The lowest BCUT2D eigenvalue weighted by atomic mass is 9.83. The third kappa shape index (κ3) is 3.04. The molecule has 0 N–H and O–H groups in total. The highest BCUT2D eigenvalue weighted by molar-refractivity contribution is 5.89. The summed E-state index contributed by atoms with van der Waals surface area (Å²) in [4.78, 5) is 2.13. The molecule has 4 rings (SSSR count). The summed E-state index contributed by atoms with van der Waals surface area (Å²) in [5.41, 5.74) is 3.79. The molecular formula is C23H25NO2. The van der Waals surface area contributed by atoms with E-state index < -0.39 is 0 Å². The lowest BCUT2D eigenvalue weighted by Crippen LogP contribution is -2.29. The van der Waals surface area contributed by atoms with Crippen molar-refractivity contribution in [3.05, 3.63) is 71.8 Å². The SMILES string of the molecule is CCO[C@@H]1C[C@@H](c2ccc(N(C)C)cc2)c2c(ccc3ccccc23)O1. The maximum absolute atomic E-state index is 6.16. The molecule has 0 amide bonds. The molecule has 1 aliphatic rings. The summed E-state index contributed by atoms with van der Waals surface area (Å²) in [6.07, 6.45) is 0.628. The van der Waals surface area contributed by atoms with E-state index in [1.54, 1.807) is 0 Å². The van der Waals surface area contributed by atoms with E-state index in [0.29, 0.717) is 6.61 Å². The van der Waals surface area contributed by atoms with Gasteiger partial charge in [-0.3, -0.25) is 0 Å². The van der Waals surface area contributed by atoms with Crippen molar-refractivity contribution in [1.82, 2.24) is 0 Å². The lowest BCUT2D eigenvalue weighted by Gasteiger charge is -2.33. The van der Waals surface area contributed by atoms with E-state index in [0.717, 1.165) is 12.2 Å². The van der Waals surface area contributed by atoms with E-state index >= 15 is 0 Å². The zero-order valence-corrected chi connectivity index (χ0v) is 15.6. The van der Waals surface area contributed by atoms with Gasteiger partial charge in [-0.1, -0.05) is 42.5 Å². The number of hydrogen-bond acceptors (Lipinski definition) is 3. The van der Waals surface area contributed by atoms with Gasteiger partial charge in [0.15, 0.2) is 0 Å². The molecule has 26 heavy (non-hydrogen) atoms. The second-order valence-corrected chi connectivity index (χ2v) is 6.98. The summed E-state index contributed by atoms with van der Waals surface area (Å²) in [6.45, 7) is 2.67. The highest BCUT2D eigenvalue weighted by Crippen LogP contribution is 2.44. The van der Waals surface area contributed by atoms with Crippen LogP contribution in [0.1, 0.15) is 30.4 Å². The van der Waals surface area contributed by atoms with Crippen molar-refractivity contribution in [1.29, 1.82) is 0 Å². The van der Waals surface area contributed by atoms with Gasteiger partial charge in [0.2, 0.25) is 6.29 Å². The fraction of sp³-hybridized carbons (Fsp3) is 0.304. The molecule has 1 aliphatic heterocycles. The van der Waals surface area contributed by atoms with Crippen LogP contribution < -0.4 is 9.64 Å². The summed E-state index contributed by atoms with van der Waals surface area (Å²) in [5.74, 6) is 1.20. The van der Waals surface area contributed by atoms with E-state index in [1.807, 2.05) is 6.92 Å². The van der Waals surface area contributed by atoms with Gasteiger partial charge in [-0.2, -0.15) is 0 Å².